The van der Waals surface area contributed by atoms with Crippen LogP contribution < -0.4 is 5.32 Å². The molecule has 3 aliphatic rings. The Morgan fingerprint density at radius 1 is 1.29 bits per heavy atom. The largest absolute Gasteiger partial charge is 0.376 e. The summed E-state index contributed by atoms with van der Waals surface area (Å²) < 4.78 is 5.68. The topological polar surface area (TPSA) is 58.6 Å². The monoisotopic (exact) mass is 294 g/mol. The van der Waals surface area contributed by atoms with E-state index in [1.165, 1.54) is 0 Å². The standard InChI is InChI=1S/C16H26N2O3/c1-10(2)8-13-16(20)18(9-12-4-3-7-21-12)14(11-5-6-11)15(19)17-13/h10-14H,3-9H2,1-2H3,(H,17,19). The molecule has 0 bridgehead atoms. The van der Waals surface area contributed by atoms with Gasteiger partial charge in [-0.05, 0) is 43.9 Å². The average Bonchev–Trinajstić information content (AvgIpc) is 3.11. The van der Waals surface area contributed by atoms with E-state index in [-0.39, 0.29) is 30.0 Å². The summed E-state index contributed by atoms with van der Waals surface area (Å²) in [5.41, 5.74) is 0. The second kappa shape index (κ2) is 5.95. The molecule has 3 atom stereocenters. The first kappa shape index (κ1) is 14.8. The van der Waals surface area contributed by atoms with Crippen molar-refractivity contribution in [2.75, 3.05) is 13.2 Å². The third kappa shape index (κ3) is 3.23. The predicted molar refractivity (Wildman–Crippen MR) is 78.6 cm³/mol. The van der Waals surface area contributed by atoms with Gasteiger partial charge in [0.25, 0.3) is 0 Å². The number of carbonyl (C=O) groups excluding carboxylic acids is 2. The number of rotatable bonds is 5. The Labute approximate surface area is 126 Å². The van der Waals surface area contributed by atoms with Crippen molar-refractivity contribution in [3.05, 3.63) is 0 Å². The van der Waals surface area contributed by atoms with Crippen LogP contribution in [0.1, 0.15) is 46.0 Å². The van der Waals surface area contributed by atoms with Crippen molar-refractivity contribution in [3.63, 3.8) is 0 Å². The van der Waals surface area contributed by atoms with E-state index in [0.717, 1.165) is 32.3 Å². The average molecular weight is 294 g/mol. The lowest BCUT2D eigenvalue weighted by Crippen LogP contribution is -2.65. The van der Waals surface area contributed by atoms with Crippen molar-refractivity contribution in [2.45, 2.75) is 64.1 Å². The summed E-state index contributed by atoms with van der Waals surface area (Å²) in [6, 6.07) is -0.612. The van der Waals surface area contributed by atoms with Crippen molar-refractivity contribution in [1.82, 2.24) is 10.2 Å². The Morgan fingerprint density at radius 3 is 2.62 bits per heavy atom. The van der Waals surface area contributed by atoms with Crippen LogP contribution in [0, 0.1) is 11.8 Å². The molecule has 1 N–H and O–H groups in total. The maximum atomic E-state index is 12.8. The fourth-order valence-electron chi connectivity index (χ4n) is 3.52. The predicted octanol–water partition coefficient (Wildman–Crippen LogP) is 1.32. The summed E-state index contributed by atoms with van der Waals surface area (Å²) in [5, 5.41) is 2.95. The Hall–Kier alpha value is -1.10. The molecule has 0 aromatic rings. The van der Waals surface area contributed by atoms with Gasteiger partial charge in [-0.1, -0.05) is 13.8 Å². The van der Waals surface area contributed by atoms with Crippen LogP contribution in [0.4, 0.5) is 0 Å². The molecule has 0 spiro atoms. The highest BCUT2D eigenvalue weighted by Gasteiger charge is 2.48. The van der Waals surface area contributed by atoms with Crippen LogP contribution in [-0.4, -0.2) is 48.1 Å². The quantitative estimate of drug-likeness (QED) is 0.832. The first-order valence-corrected chi connectivity index (χ1v) is 8.28. The Morgan fingerprint density at radius 2 is 2.05 bits per heavy atom. The molecule has 0 radical (unpaired) electrons. The van der Waals surface area contributed by atoms with Gasteiger partial charge < -0.3 is 15.0 Å². The summed E-state index contributed by atoms with van der Waals surface area (Å²) >= 11 is 0. The number of piperazine rings is 1. The van der Waals surface area contributed by atoms with E-state index in [9.17, 15) is 9.59 Å². The van der Waals surface area contributed by atoms with Gasteiger partial charge in [0.15, 0.2) is 0 Å². The molecule has 1 aliphatic carbocycles. The van der Waals surface area contributed by atoms with Crippen molar-refractivity contribution in [1.29, 1.82) is 0 Å². The Bertz CT molecular complexity index is 414. The number of nitrogens with zero attached hydrogens (tertiary/aromatic N) is 1. The molecular formula is C16H26N2O3. The SMILES string of the molecule is CC(C)CC1NC(=O)C(C2CC2)N(CC2CCCO2)C1=O. The first-order chi connectivity index (χ1) is 10.1. The second-order valence-corrected chi connectivity index (χ2v) is 7.10. The van der Waals surface area contributed by atoms with Crippen LogP contribution in [0.5, 0.6) is 0 Å². The molecule has 118 valence electrons. The molecule has 2 amide bonds. The summed E-state index contributed by atoms with van der Waals surface area (Å²) in [6.07, 6.45) is 5.00. The van der Waals surface area contributed by atoms with Gasteiger partial charge in [-0.3, -0.25) is 9.59 Å². The maximum absolute atomic E-state index is 12.8. The summed E-state index contributed by atoms with van der Waals surface area (Å²) in [4.78, 5) is 27.1. The van der Waals surface area contributed by atoms with Gasteiger partial charge in [0.05, 0.1) is 6.10 Å². The molecule has 5 heteroatoms. The van der Waals surface area contributed by atoms with E-state index in [0.29, 0.717) is 24.8 Å². The van der Waals surface area contributed by atoms with Crippen LogP contribution in [0.2, 0.25) is 0 Å². The molecule has 2 aliphatic heterocycles. The zero-order valence-corrected chi connectivity index (χ0v) is 13.0. The van der Waals surface area contributed by atoms with Crippen LogP contribution in [0.15, 0.2) is 0 Å². The van der Waals surface area contributed by atoms with Crippen LogP contribution in [-0.2, 0) is 14.3 Å². The zero-order valence-electron chi connectivity index (χ0n) is 13.0. The fourth-order valence-corrected chi connectivity index (χ4v) is 3.52. The summed E-state index contributed by atoms with van der Waals surface area (Å²) in [5.74, 6) is 0.883. The molecule has 2 saturated heterocycles. The molecule has 1 saturated carbocycles. The van der Waals surface area contributed by atoms with Gasteiger partial charge >= 0.3 is 0 Å². The third-order valence-corrected chi connectivity index (χ3v) is 4.70. The number of hydrogen-bond donors (Lipinski definition) is 1. The minimum atomic E-state index is -0.353. The molecule has 3 unspecified atom stereocenters. The highest BCUT2D eigenvalue weighted by molar-refractivity contribution is 5.97. The third-order valence-electron chi connectivity index (χ3n) is 4.70. The Kier molecular flexibility index (Phi) is 4.20. The lowest BCUT2D eigenvalue weighted by Gasteiger charge is -2.40. The van der Waals surface area contributed by atoms with E-state index in [4.69, 9.17) is 4.74 Å². The molecular weight excluding hydrogens is 268 g/mol. The van der Waals surface area contributed by atoms with E-state index in [2.05, 4.69) is 19.2 Å². The van der Waals surface area contributed by atoms with Gasteiger partial charge in [-0.15, -0.1) is 0 Å². The molecule has 21 heavy (non-hydrogen) atoms. The van der Waals surface area contributed by atoms with Crippen molar-refractivity contribution in [2.24, 2.45) is 11.8 Å². The van der Waals surface area contributed by atoms with Gasteiger partial charge in [0, 0.05) is 13.2 Å². The Balaban J connectivity index is 1.74. The van der Waals surface area contributed by atoms with E-state index >= 15 is 0 Å². The lowest BCUT2D eigenvalue weighted by molar-refractivity contribution is -0.152. The molecule has 0 aromatic carbocycles. The minimum absolute atomic E-state index is 0.0424. The van der Waals surface area contributed by atoms with Gasteiger partial charge in [-0.25, -0.2) is 0 Å². The summed E-state index contributed by atoms with van der Waals surface area (Å²) in [6.45, 7) is 5.53. The molecule has 3 rings (SSSR count). The second-order valence-electron chi connectivity index (χ2n) is 7.10. The number of carbonyl (C=O) groups is 2. The lowest BCUT2D eigenvalue weighted by atomic mass is 9.96. The van der Waals surface area contributed by atoms with E-state index in [1.54, 1.807) is 0 Å². The van der Waals surface area contributed by atoms with E-state index in [1.807, 2.05) is 4.90 Å². The highest BCUT2D eigenvalue weighted by atomic mass is 16.5. The van der Waals surface area contributed by atoms with Gasteiger partial charge in [0.2, 0.25) is 11.8 Å². The maximum Gasteiger partial charge on any atom is 0.245 e. The van der Waals surface area contributed by atoms with E-state index < -0.39 is 0 Å². The van der Waals surface area contributed by atoms with Crippen LogP contribution in [0.25, 0.3) is 0 Å². The molecule has 0 aromatic heterocycles. The molecule has 5 nitrogen and oxygen atoms in total. The van der Waals surface area contributed by atoms with Gasteiger partial charge in [0.1, 0.15) is 12.1 Å². The van der Waals surface area contributed by atoms with Crippen molar-refractivity contribution < 1.29 is 14.3 Å². The fraction of sp³-hybridized carbons (Fsp3) is 0.875. The molecule has 2 heterocycles. The van der Waals surface area contributed by atoms with Crippen molar-refractivity contribution >= 4 is 11.8 Å². The highest BCUT2D eigenvalue weighted by Crippen LogP contribution is 2.37. The normalized spacial score (nSPS) is 33.7. The minimum Gasteiger partial charge on any atom is -0.376 e. The van der Waals surface area contributed by atoms with Crippen LogP contribution in [0.3, 0.4) is 0 Å². The van der Waals surface area contributed by atoms with Gasteiger partial charge in [-0.2, -0.15) is 0 Å². The number of hydrogen-bond acceptors (Lipinski definition) is 3. The smallest absolute Gasteiger partial charge is 0.245 e. The first-order valence-electron chi connectivity index (χ1n) is 8.28. The summed E-state index contributed by atoms with van der Waals surface area (Å²) in [7, 11) is 0. The van der Waals surface area contributed by atoms with Crippen molar-refractivity contribution in [3.8, 4) is 0 Å². The number of nitrogens with one attached hydrogen (secondary N) is 1. The number of amides is 2. The number of ether oxygens (including phenoxy) is 1. The zero-order chi connectivity index (χ0) is 15.0. The van der Waals surface area contributed by atoms with Crippen LogP contribution >= 0.6 is 0 Å². The molecule has 3 fully saturated rings.